The lowest BCUT2D eigenvalue weighted by Crippen LogP contribution is -2.22. The maximum atomic E-state index is 13.2. The van der Waals surface area contributed by atoms with E-state index in [0.29, 0.717) is 35.1 Å². The van der Waals surface area contributed by atoms with Gasteiger partial charge in [0.15, 0.2) is 17.2 Å². The second-order valence-corrected chi connectivity index (χ2v) is 6.91. The first-order valence-corrected chi connectivity index (χ1v) is 9.52. The molecule has 4 aromatic rings. The van der Waals surface area contributed by atoms with Crippen molar-refractivity contribution in [1.29, 1.82) is 0 Å². The Bertz CT molecular complexity index is 1220. The van der Waals surface area contributed by atoms with Gasteiger partial charge in [-0.05, 0) is 35.9 Å². The van der Waals surface area contributed by atoms with Gasteiger partial charge in [0, 0.05) is 5.56 Å². The first-order valence-electron chi connectivity index (χ1n) is 9.52. The molecule has 0 unspecified atom stereocenters. The quantitative estimate of drug-likeness (QED) is 0.482. The number of halogens is 1. The lowest BCUT2D eigenvalue weighted by Gasteiger charge is -2.24. The monoisotopic (exact) mass is 423 g/mol. The van der Waals surface area contributed by atoms with Crippen molar-refractivity contribution in [2.24, 2.45) is 0 Å². The predicted octanol–water partition coefficient (Wildman–Crippen LogP) is 3.42. The second kappa shape index (κ2) is 7.80. The Morgan fingerprint density at radius 2 is 1.87 bits per heavy atom. The Kier molecular flexibility index (Phi) is 4.83. The van der Waals surface area contributed by atoms with E-state index >= 15 is 0 Å². The molecule has 0 saturated heterocycles. The molecule has 0 fully saturated rings. The van der Waals surface area contributed by atoms with Crippen LogP contribution in [0, 0.1) is 5.82 Å². The van der Waals surface area contributed by atoms with Gasteiger partial charge in [0.25, 0.3) is 5.89 Å². The number of rotatable bonds is 5. The van der Waals surface area contributed by atoms with Crippen molar-refractivity contribution in [3.63, 3.8) is 0 Å². The molecule has 1 aliphatic heterocycles. The number of benzene rings is 2. The van der Waals surface area contributed by atoms with Crippen molar-refractivity contribution in [2.75, 3.05) is 14.2 Å². The number of hydrogen-bond donors (Lipinski definition) is 0. The fourth-order valence-electron chi connectivity index (χ4n) is 3.47. The summed E-state index contributed by atoms with van der Waals surface area (Å²) < 4.78 is 36.9. The zero-order valence-electron chi connectivity index (χ0n) is 16.8. The van der Waals surface area contributed by atoms with Gasteiger partial charge in [-0.25, -0.2) is 9.07 Å². The van der Waals surface area contributed by atoms with E-state index < -0.39 is 0 Å². The van der Waals surface area contributed by atoms with Crippen LogP contribution in [0.1, 0.15) is 17.4 Å². The van der Waals surface area contributed by atoms with Crippen molar-refractivity contribution in [2.45, 2.75) is 19.3 Å². The minimum Gasteiger partial charge on any atom is -0.493 e. The highest BCUT2D eigenvalue weighted by molar-refractivity contribution is 5.63. The zero-order valence-corrected chi connectivity index (χ0v) is 16.8. The second-order valence-electron chi connectivity index (χ2n) is 6.91. The van der Waals surface area contributed by atoms with E-state index in [9.17, 15) is 4.39 Å². The van der Waals surface area contributed by atoms with Gasteiger partial charge >= 0.3 is 0 Å². The minimum absolute atomic E-state index is 0.243. The average Bonchev–Trinajstić information content (AvgIpc) is 3.45. The number of nitrogens with zero attached hydrogens (tertiary/aromatic N) is 5. The maximum Gasteiger partial charge on any atom is 0.280 e. The first kappa shape index (κ1) is 19.2. The van der Waals surface area contributed by atoms with Crippen molar-refractivity contribution in [3.8, 4) is 34.5 Å². The fraction of sp³-hybridized carbons (Fsp3) is 0.238. The van der Waals surface area contributed by atoms with Gasteiger partial charge in [-0.15, -0.1) is 5.10 Å². The van der Waals surface area contributed by atoms with E-state index in [0.717, 1.165) is 11.3 Å². The Balaban J connectivity index is 1.40. The van der Waals surface area contributed by atoms with Crippen molar-refractivity contribution in [3.05, 3.63) is 59.5 Å². The molecule has 0 spiro atoms. The lowest BCUT2D eigenvalue weighted by molar-refractivity contribution is -0.00120. The summed E-state index contributed by atoms with van der Waals surface area (Å²) in [5.41, 5.74) is 2.79. The smallest absolute Gasteiger partial charge is 0.280 e. The van der Waals surface area contributed by atoms with Crippen LogP contribution in [0.3, 0.4) is 0 Å². The van der Waals surface area contributed by atoms with Crippen LogP contribution in [-0.2, 0) is 17.9 Å². The average molecular weight is 423 g/mol. The van der Waals surface area contributed by atoms with E-state index in [2.05, 4.69) is 20.5 Å². The lowest BCUT2D eigenvalue weighted by atomic mass is 10.1. The summed E-state index contributed by atoms with van der Waals surface area (Å²) in [4.78, 5) is 4.46. The molecule has 0 aliphatic carbocycles. The van der Waals surface area contributed by atoms with E-state index in [4.69, 9.17) is 18.7 Å². The molecule has 5 rings (SSSR count). The number of aromatic nitrogens is 5. The van der Waals surface area contributed by atoms with Gasteiger partial charge in [0.2, 0.25) is 5.82 Å². The SMILES string of the molecule is COc1ccc(-c2noc(-c3nnn4c3CO[C@H](c3ccc(F)cc3)C4)n2)cc1OC. The molecular formula is C21H18FN5O4. The summed E-state index contributed by atoms with van der Waals surface area (Å²) in [5, 5.41) is 12.5. The molecule has 0 saturated carbocycles. The molecule has 0 radical (unpaired) electrons. The molecule has 1 aliphatic rings. The maximum absolute atomic E-state index is 13.2. The van der Waals surface area contributed by atoms with Crippen LogP contribution in [0.5, 0.6) is 11.5 Å². The van der Waals surface area contributed by atoms with Gasteiger partial charge in [0.1, 0.15) is 11.9 Å². The van der Waals surface area contributed by atoms with Gasteiger partial charge in [0.05, 0.1) is 33.1 Å². The van der Waals surface area contributed by atoms with Crippen LogP contribution in [0.2, 0.25) is 0 Å². The molecule has 3 heterocycles. The standard InChI is InChI=1S/C21H18FN5O4/c1-28-16-8-5-13(9-17(16)29-2)20-23-21(31-25-20)19-15-11-30-18(10-27(15)26-24-19)12-3-6-14(22)7-4-12/h3-9,18H,10-11H2,1-2H3/t18-/m0/s1. The van der Waals surface area contributed by atoms with E-state index in [-0.39, 0.29) is 24.4 Å². The summed E-state index contributed by atoms with van der Waals surface area (Å²) in [6.45, 7) is 0.711. The van der Waals surface area contributed by atoms with Crippen molar-refractivity contribution < 1.29 is 23.1 Å². The van der Waals surface area contributed by atoms with Gasteiger partial charge < -0.3 is 18.7 Å². The molecule has 10 heteroatoms. The van der Waals surface area contributed by atoms with Crippen LogP contribution in [0.25, 0.3) is 23.0 Å². The summed E-state index contributed by atoms with van der Waals surface area (Å²) in [7, 11) is 3.13. The highest BCUT2D eigenvalue weighted by atomic mass is 19.1. The highest BCUT2D eigenvalue weighted by Crippen LogP contribution is 2.33. The Hall–Kier alpha value is -3.79. The normalized spacial score (nSPS) is 15.5. The van der Waals surface area contributed by atoms with Crippen molar-refractivity contribution in [1.82, 2.24) is 25.1 Å². The summed E-state index contributed by atoms with van der Waals surface area (Å²) in [6.07, 6.45) is -0.243. The third-order valence-electron chi connectivity index (χ3n) is 5.11. The number of ether oxygens (including phenoxy) is 3. The molecule has 0 amide bonds. The molecule has 2 aromatic heterocycles. The van der Waals surface area contributed by atoms with Gasteiger partial charge in [-0.2, -0.15) is 4.98 Å². The predicted molar refractivity (Wildman–Crippen MR) is 106 cm³/mol. The molecule has 1 atom stereocenters. The molecule has 0 bridgehead atoms. The minimum atomic E-state index is -0.287. The third kappa shape index (κ3) is 3.50. The molecule has 158 valence electrons. The summed E-state index contributed by atoms with van der Waals surface area (Å²) >= 11 is 0. The van der Waals surface area contributed by atoms with Crippen LogP contribution in [0.4, 0.5) is 4.39 Å². The number of hydrogen-bond acceptors (Lipinski definition) is 8. The summed E-state index contributed by atoms with van der Waals surface area (Å²) in [6, 6.07) is 11.6. The Morgan fingerprint density at radius 1 is 1.06 bits per heavy atom. The highest BCUT2D eigenvalue weighted by Gasteiger charge is 2.28. The van der Waals surface area contributed by atoms with E-state index in [1.54, 1.807) is 43.2 Å². The Morgan fingerprint density at radius 3 is 2.65 bits per heavy atom. The first-order chi connectivity index (χ1) is 15.2. The van der Waals surface area contributed by atoms with Crippen LogP contribution in [-0.4, -0.2) is 39.4 Å². The van der Waals surface area contributed by atoms with Gasteiger partial charge in [-0.1, -0.05) is 22.5 Å². The molecule has 9 nitrogen and oxygen atoms in total. The third-order valence-corrected chi connectivity index (χ3v) is 5.11. The Labute approximate surface area is 176 Å². The fourth-order valence-corrected chi connectivity index (χ4v) is 3.47. The zero-order chi connectivity index (χ0) is 21.4. The molecule has 31 heavy (non-hydrogen) atoms. The van der Waals surface area contributed by atoms with Gasteiger partial charge in [-0.3, -0.25) is 0 Å². The van der Waals surface area contributed by atoms with Crippen LogP contribution < -0.4 is 9.47 Å². The number of methoxy groups -OCH3 is 2. The molecule has 2 aromatic carbocycles. The topological polar surface area (TPSA) is 97.3 Å². The largest absolute Gasteiger partial charge is 0.493 e. The number of fused-ring (bicyclic) bond motifs is 1. The van der Waals surface area contributed by atoms with Crippen LogP contribution >= 0.6 is 0 Å². The van der Waals surface area contributed by atoms with E-state index in [1.807, 2.05) is 6.07 Å². The molecule has 0 N–H and O–H groups in total. The van der Waals surface area contributed by atoms with Crippen molar-refractivity contribution >= 4 is 0 Å². The summed E-state index contributed by atoms with van der Waals surface area (Å²) in [5.74, 6) is 1.52. The molecular weight excluding hydrogens is 405 g/mol. The van der Waals surface area contributed by atoms with Crippen LogP contribution in [0.15, 0.2) is 47.0 Å². The van der Waals surface area contributed by atoms with E-state index in [1.165, 1.54) is 12.1 Å².